The normalized spacial score (nSPS) is 17.7. The Hall–Kier alpha value is -0.870. The van der Waals surface area contributed by atoms with Crippen LogP contribution in [-0.4, -0.2) is 48.4 Å². The molecule has 0 aliphatic carbocycles. The number of nitrogens with zero attached hydrogens (tertiary/aromatic N) is 2. The number of hydrogen-bond acceptors (Lipinski definition) is 3. The minimum atomic E-state index is 0.198. The van der Waals surface area contributed by atoms with Gasteiger partial charge >= 0.3 is 0 Å². The summed E-state index contributed by atoms with van der Waals surface area (Å²) in [4.78, 5) is 17.4. The summed E-state index contributed by atoms with van der Waals surface area (Å²) >= 11 is 1.53. The van der Waals surface area contributed by atoms with Gasteiger partial charge in [0.05, 0.1) is 4.88 Å². The maximum Gasteiger partial charge on any atom is 0.264 e. The van der Waals surface area contributed by atoms with Gasteiger partial charge in [-0.3, -0.25) is 9.69 Å². The predicted octanol–water partition coefficient (Wildman–Crippen LogP) is 2.16. The van der Waals surface area contributed by atoms with Gasteiger partial charge in [-0.1, -0.05) is 19.9 Å². The van der Waals surface area contributed by atoms with Crippen LogP contribution in [0, 0.1) is 5.92 Å². The lowest BCUT2D eigenvalue weighted by atomic mass is 10.2. The van der Waals surface area contributed by atoms with Gasteiger partial charge in [0.25, 0.3) is 5.91 Å². The van der Waals surface area contributed by atoms with Gasteiger partial charge < -0.3 is 4.90 Å². The highest BCUT2D eigenvalue weighted by molar-refractivity contribution is 7.12. The highest BCUT2D eigenvalue weighted by Gasteiger charge is 2.22. The molecule has 0 aromatic carbocycles. The molecule has 0 atom stereocenters. The molecular formula is C13H20N2OS. The van der Waals surface area contributed by atoms with Crippen LogP contribution in [0.15, 0.2) is 17.5 Å². The molecular weight excluding hydrogens is 232 g/mol. The highest BCUT2D eigenvalue weighted by Crippen LogP contribution is 2.14. The molecule has 0 spiro atoms. The first-order valence-electron chi connectivity index (χ1n) is 6.22. The smallest absolute Gasteiger partial charge is 0.264 e. The van der Waals surface area contributed by atoms with Crippen molar-refractivity contribution in [2.24, 2.45) is 5.92 Å². The summed E-state index contributed by atoms with van der Waals surface area (Å²) in [5.41, 5.74) is 0. The molecule has 94 valence electrons. The lowest BCUT2D eigenvalue weighted by Crippen LogP contribution is -2.49. The Morgan fingerprint density at radius 3 is 2.59 bits per heavy atom. The van der Waals surface area contributed by atoms with Gasteiger partial charge in [-0.05, 0) is 17.4 Å². The summed E-state index contributed by atoms with van der Waals surface area (Å²) < 4.78 is 0. The van der Waals surface area contributed by atoms with Crippen LogP contribution in [0.25, 0.3) is 0 Å². The SMILES string of the molecule is CC(C)CN1CCN(C(=O)c2cccs2)CC1. The van der Waals surface area contributed by atoms with Crippen LogP contribution in [0.4, 0.5) is 0 Å². The van der Waals surface area contributed by atoms with Crippen LogP contribution < -0.4 is 0 Å². The van der Waals surface area contributed by atoms with E-state index in [0.29, 0.717) is 5.92 Å². The van der Waals surface area contributed by atoms with Crippen LogP contribution in [0.1, 0.15) is 23.5 Å². The maximum atomic E-state index is 12.1. The largest absolute Gasteiger partial charge is 0.335 e. The fourth-order valence-electron chi connectivity index (χ4n) is 2.21. The molecule has 1 aromatic heterocycles. The molecule has 2 heterocycles. The Morgan fingerprint density at radius 2 is 2.06 bits per heavy atom. The van der Waals surface area contributed by atoms with Crippen LogP contribution in [0.5, 0.6) is 0 Å². The van der Waals surface area contributed by atoms with Crippen LogP contribution in [0.3, 0.4) is 0 Å². The zero-order valence-electron chi connectivity index (χ0n) is 10.6. The lowest BCUT2D eigenvalue weighted by molar-refractivity contribution is 0.0628. The highest BCUT2D eigenvalue weighted by atomic mass is 32.1. The second kappa shape index (κ2) is 5.65. The third-order valence-corrected chi connectivity index (χ3v) is 3.87. The third kappa shape index (κ3) is 3.30. The van der Waals surface area contributed by atoms with E-state index in [1.807, 2.05) is 22.4 Å². The first kappa shape index (κ1) is 12.6. The van der Waals surface area contributed by atoms with E-state index in [9.17, 15) is 4.79 Å². The fraction of sp³-hybridized carbons (Fsp3) is 0.615. The molecule has 0 N–H and O–H groups in total. The van der Waals surface area contributed by atoms with Crippen molar-refractivity contribution >= 4 is 17.2 Å². The van der Waals surface area contributed by atoms with E-state index in [4.69, 9.17) is 0 Å². The average Bonchev–Trinajstić information content (AvgIpc) is 2.82. The number of amides is 1. The summed E-state index contributed by atoms with van der Waals surface area (Å²) in [7, 11) is 0. The minimum absolute atomic E-state index is 0.198. The van der Waals surface area contributed by atoms with Crippen molar-refractivity contribution < 1.29 is 4.79 Å². The van der Waals surface area contributed by atoms with E-state index in [0.717, 1.165) is 37.6 Å². The van der Waals surface area contributed by atoms with Crippen molar-refractivity contribution in [3.63, 3.8) is 0 Å². The molecule has 1 saturated heterocycles. The summed E-state index contributed by atoms with van der Waals surface area (Å²) in [5, 5.41) is 1.96. The number of carbonyl (C=O) groups is 1. The van der Waals surface area contributed by atoms with E-state index >= 15 is 0 Å². The van der Waals surface area contributed by atoms with Crippen molar-refractivity contribution in [1.82, 2.24) is 9.80 Å². The lowest BCUT2D eigenvalue weighted by Gasteiger charge is -2.35. The fourth-order valence-corrected chi connectivity index (χ4v) is 2.90. The molecule has 0 unspecified atom stereocenters. The van der Waals surface area contributed by atoms with E-state index < -0.39 is 0 Å². The van der Waals surface area contributed by atoms with Gasteiger partial charge in [0.1, 0.15) is 0 Å². The van der Waals surface area contributed by atoms with Gasteiger partial charge in [-0.15, -0.1) is 11.3 Å². The standard InChI is InChI=1S/C13H20N2OS/c1-11(2)10-14-5-7-15(8-6-14)13(16)12-4-3-9-17-12/h3-4,9,11H,5-8,10H2,1-2H3. The molecule has 0 radical (unpaired) electrons. The topological polar surface area (TPSA) is 23.6 Å². The van der Waals surface area contributed by atoms with Crippen molar-refractivity contribution in [3.8, 4) is 0 Å². The Kier molecular flexibility index (Phi) is 4.18. The number of piperazine rings is 1. The predicted molar refractivity (Wildman–Crippen MR) is 71.5 cm³/mol. The van der Waals surface area contributed by atoms with Gasteiger partial charge in [0, 0.05) is 32.7 Å². The van der Waals surface area contributed by atoms with Gasteiger partial charge in [-0.25, -0.2) is 0 Å². The van der Waals surface area contributed by atoms with Crippen LogP contribution >= 0.6 is 11.3 Å². The summed E-state index contributed by atoms with van der Waals surface area (Å²) in [5.74, 6) is 0.902. The molecule has 3 nitrogen and oxygen atoms in total. The molecule has 1 aliphatic rings. The van der Waals surface area contributed by atoms with Crippen LogP contribution in [0.2, 0.25) is 0 Å². The Balaban J connectivity index is 1.85. The Morgan fingerprint density at radius 1 is 1.35 bits per heavy atom. The molecule has 1 aliphatic heterocycles. The zero-order valence-corrected chi connectivity index (χ0v) is 11.4. The quantitative estimate of drug-likeness (QED) is 0.823. The van der Waals surface area contributed by atoms with Gasteiger partial charge in [0.2, 0.25) is 0 Å². The van der Waals surface area contributed by atoms with E-state index in [-0.39, 0.29) is 5.91 Å². The van der Waals surface area contributed by atoms with E-state index in [2.05, 4.69) is 18.7 Å². The molecule has 0 bridgehead atoms. The summed E-state index contributed by atoms with van der Waals surface area (Å²) in [6.07, 6.45) is 0. The second-order valence-corrected chi connectivity index (χ2v) is 5.91. The molecule has 2 rings (SSSR count). The molecule has 1 fully saturated rings. The number of hydrogen-bond donors (Lipinski definition) is 0. The van der Waals surface area contributed by atoms with Crippen molar-refractivity contribution in [3.05, 3.63) is 22.4 Å². The number of carbonyl (C=O) groups excluding carboxylic acids is 1. The Bertz CT molecular complexity index is 354. The molecule has 4 heteroatoms. The first-order chi connectivity index (χ1) is 8.16. The molecule has 0 saturated carbocycles. The zero-order chi connectivity index (χ0) is 12.3. The van der Waals surface area contributed by atoms with Crippen LogP contribution in [-0.2, 0) is 0 Å². The van der Waals surface area contributed by atoms with Gasteiger partial charge in [-0.2, -0.15) is 0 Å². The average molecular weight is 252 g/mol. The van der Waals surface area contributed by atoms with Crippen molar-refractivity contribution in [2.75, 3.05) is 32.7 Å². The third-order valence-electron chi connectivity index (χ3n) is 3.01. The van der Waals surface area contributed by atoms with E-state index in [1.54, 1.807) is 0 Å². The monoisotopic (exact) mass is 252 g/mol. The summed E-state index contributed by atoms with van der Waals surface area (Å²) in [6, 6.07) is 3.85. The number of rotatable bonds is 3. The van der Waals surface area contributed by atoms with E-state index in [1.165, 1.54) is 11.3 Å². The molecule has 17 heavy (non-hydrogen) atoms. The summed E-state index contributed by atoms with van der Waals surface area (Å²) in [6.45, 7) is 9.37. The minimum Gasteiger partial charge on any atom is -0.335 e. The maximum absolute atomic E-state index is 12.1. The molecule has 1 aromatic rings. The van der Waals surface area contributed by atoms with Crippen molar-refractivity contribution in [2.45, 2.75) is 13.8 Å². The Labute approximate surface area is 107 Å². The second-order valence-electron chi connectivity index (χ2n) is 4.96. The van der Waals surface area contributed by atoms with Crippen molar-refractivity contribution in [1.29, 1.82) is 0 Å². The molecule has 1 amide bonds. The first-order valence-corrected chi connectivity index (χ1v) is 7.10. The van der Waals surface area contributed by atoms with Gasteiger partial charge in [0.15, 0.2) is 0 Å². The number of thiophene rings is 1.